The molecule has 0 aliphatic rings. The first-order valence-corrected chi connectivity index (χ1v) is 3.61. The molecule has 3 heteroatoms. The van der Waals surface area contributed by atoms with E-state index in [4.69, 9.17) is 0 Å². The Balaban J connectivity index is 0. The summed E-state index contributed by atoms with van der Waals surface area (Å²) in [4.78, 5) is 0. The van der Waals surface area contributed by atoms with E-state index in [1.807, 2.05) is 0 Å². The van der Waals surface area contributed by atoms with Crippen molar-refractivity contribution >= 4 is 7.80 Å². The molecule has 0 aromatic carbocycles. The molecule has 0 amide bonds. The third-order valence-corrected chi connectivity index (χ3v) is 0. The minimum atomic E-state index is -1.13. The molecule has 5 heavy (non-hydrogen) atoms. The molecule has 0 radical (unpaired) electrons. The Morgan fingerprint density at radius 2 is 1.40 bits per heavy atom. The molecule has 32 valence electrons. The van der Waals surface area contributed by atoms with E-state index < -0.39 is 7.80 Å². The van der Waals surface area contributed by atoms with Crippen LogP contribution < -0.4 is 0 Å². The topological polar surface area (TPSA) is 17.1 Å². The average Bonchev–Trinajstić information content (AvgIpc) is 0.811. The standard InChI is InChI=1S/C2H7OP.W/c1-4(2)3;/h4H,1-2H3;. The summed E-state index contributed by atoms with van der Waals surface area (Å²) in [6.07, 6.45) is 0. The van der Waals surface area contributed by atoms with Gasteiger partial charge in [0.25, 0.3) is 0 Å². The summed E-state index contributed by atoms with van der Waals surface area (Å²) in [7, 11) is -1.13. The van der Waals surface area contributed by atoms with Gasteiger partial charge in [0.15, 0.2) is 0 Å². The molecule has 0 aliphatic heterocycles. The summed E-state index contributed by atoms with van der Waals surface area (Å²) in [5.41, 5.74) is 0. The molecular formula is C2H7OPW. The molecule has 0 heterocycles. The Hall–Kier alpha value is 0.918. The largest absolute Gasteiger partial charge is 0.327 e. The first-order valence-electron chi connectivity index (χ1n) is 1.20. The van der Waals surface area contributed by atoms with Gasteiger partial charge in [0.05, 0.1) is 7.80 Å². The zero-order valence-electron chi connectivity index (χ0n) is 3.32. The van der Waals surface area contributed by atoms with Gasteiger partial charge < -0.3 is 4.57 Å². The Kier molecular flexibility index (Phi) is 9.17. The predicted octanol–water partition coefficient (Wildman–Crippen LogP) is 0.803. The van der Waals surface area contributed by atoms with Gasteiger partial charge in [-0.3, -0.25) is 0 Å². The first-order chi connectivity index (χ1) is 1.73. The van der Waals surface area contributed by atoms with Crippen LogP contribution in [-0.4, -0.2) is 13.3 Å². The molecule has 0 saturated carbocycles. The summed E-state index contributed by atoms with van der Waals surface area (Å²) < 4.78 is 9.63. The summed E-state index contributed by atoms with van der Waals surface area (Å²) >= 11 is 0. The van der Waals surface area contributed by atoms with E-state index in [-0.39, 0.29) is 21.1 Å². The van der Waals surface area contributed by atoms with Crippen molar-refractivity contribution in [3.8, 4) is 0 Å². The third-order valence-electron chi connectivity index (χ3n) is 0. The maximum Gasteiger partial charge on any atom is 0.0703 e. The van der Waals surface area contributed by atoms with Crippen molar-refractivity contribution in [2.75, 3.05) is 13.3 Å². The van der Waals surface area contributed by atoms with Crippen LogP contribution in [-0.2, 0) is 25.6 Å². The van der Waals surface area contributed by atoms with Crippen LogP contribution in [0.1, 0.15) is 0 Å². The van der Waals surface area contributed by atoms with Crippen LogP contribution in [0.2, 0.25) is 0 Å². The summed E-state index contributed by atoms with van der Waals surface area (Å²) in [6, 6.07) is 0. The quantitative estimate of drug-likeness (QED) is 0.590. The van der Waals surface area contributed by atoms with Crippen molar-refractivity contribution in [3.05, 3.63) is 0 Å². The van der Waals surface area contributed by atoms with Gasteiger partial charge in [-0.05, 0) is 13.3 Å². The zero-order chi connectivity index (χ0) is 3.58. The molecule has 1 nitrogen and oxygen atoms in total. The number of hydrogen-bond acceptors (Lipinski definition) is 1. The van der Waals surface area contributed by atoms with Gasteiger partial charge in [-0.25, -0.2) is 0 Å². The van der Waals surface area contributed by atoms with Crippen LogP contribution in [0.5, 0.6) is 0 Å². The average molecular weight is 262 g/mol. The van der Waals surface area contributed by atoms with Crippen LogP contribution >= 0.6 is 7.80 Å². The van der Waals surface area contributed by atoms with Crippen LogP contribution in [0.15, 0.2) is 0 Å². The van der Waals surface area contributed by atoms with Crippen LogP contribution in [0.25, 0.3) is 0 Å². The SMILES string of the molecule is C[PH](C)=O.[W]. The number of rotatable bonds is 0. The minimum Gasteiger partial charge on any atom is -0.327 e. The normalized spacial score (nSPS) is 7.00. The smallest absolute Gasteiger partial charge is 0.0703 e. The molecule has 0 rings (SSSR count). The fourth-order valence-corrected chi connectivity index (χ4v) is 0. The van der Waals surface area contributed by atoms with E-state index in [0.29, 0.717) is 0 Å². The van der Waals surface area contributed by atoms with Crippen molar-refractivity contribution in [1.29, 1.82) is 0 Å². The van der Waals surface area contributed by atoms with E-state index in [2.05, 4.69) is 0 Å². The second-order valence-corrected chi connectivity index (χ2v) is 2.72. The molecule has 0 atom stereocenters. The van der Waals surface area contributed by atoms with Crippen molar-refractivity contribution in [2.45, 2.75) is 0 Å². The maximum atomic E-state index is 9.63. The van der Waals surface area contributed by atoms with Gasteiger partial charge in [0.1, 0.15) is 0 Å². The second-order valence-electron chi connectivity index (χ2n) is 0.908. The Morgan fingerprint density at radius 1 is 1.40 bits per heavy atom. The Bertz CT molecular complexity index is 32.6. The molecule has 0 fully saturated rings. The molecular weight excluding hydrogens is 255 g/mol. The van der Waals surface area contributed by atoms with E-state index in [1.54, 1.807) is 13.3 Å². The van der Waals surface area contributed by atoms with Crippen molar-refractivity contribution < 1.29 is 25.6 Å². The summed E-state index contributed by atoms with van der Waals surface area (Å²) in [6.45, 7) is 3.43. The van der Waals surface area contributed by atoms with E-state index in [1.165, 1.54) is 0 Å². The predicted molar refractivity (Wildman–Crippen MR) is 20.8 cm³/mol. The summed E-state index contributed by atoms with van der Waals surface area (Å²) in [5, 5.41) is 0. The van der Waals surface area contributed by atoms with Gasteiger partial charge >= 0.3 is 0 Å². The Morgan fingerprint density at radius 3 is 1.40 bits per heavy atom. The van der Waals surface area contributed by atoms with Gasteiger partial charge in [-0.1, -0.05) is 0 Å². The van der Waals surface area contributed by atoms with Gasteiger partial charge in [0, 0.05) is 21.1 Å². The molecule has 0 saturated heterocycles. The summed E-state index contributed by atoms with van der Waals surface area (Å²) in [5.74, 6) is 0. The molecule has 0 aromatic heterocycles. The van der Waals surface area contributed by atoms with Crippen LogP contribution in [0, 0.1) is 0 Å². The molecule has 0 aromatic rings. The van der Waals surface area contributed by atoms with Crippen LogP contribution in [0.4, 0.5) is 0 Å². The molecule has 0 aliphatic carbocycles. The van der Waals surface area contributed by atoms with Crippen LogP contribution in [0.3, 0.4) is 0 Å². The first kappa shape index (κ1) is 9.32. The zero-order valence-corrected chi connectivity index (χ0v) is 7.25. The van der Waals surface area contributed by atoms with Crippen molar-refractivity contribution in [2.24, 2.45) is 0 Å². The fraction of sp³-hybridized carbons (Fsp3) is 1.00. The van der Waals surface area contributed by atoms with Gasteiger partial charge in [-0.2, -0.15) is 0 Å². The number of hydrogen-bond donors (Lipinski definition) is 0. The fourth-order valence-electron chi connectivity index (χ4n) is 0. The van der Waals surface area contributed by atoms with E-state index in [9.17, 15) is 4.57 Å². The molecule has 0 bridgehead atoms. The minimum absolute atomic E-state index is 0. The third kappa shape index (κ3) is 49.7. The monoisotopic (exact) mass is 262 g/mol. The molecule has 0 N–H and O–H groups in total. The van der Waals surface area contributed by atoms with Crippen molar-refractivity contribution in [3.63, 3.8) is 0 Å². The van der Waals surface area contributed by atoms with Gasteiger partial charge in [0.2, 0.25) is 0 Å². The molecule has 0 spiro atoms. The Labute approximate surface area is 47.2 Å². The maximum absolute atomic E-state index is 9.63. The van der Waals surface area contributed by atoms with E-state index >= 15 is 0 Å². The molecule has 0 unspecified atom stereocenters. The van der Waals surface area contributed by atoms with E-state index in [0.717, 1.165) is 0 Å². The van der Waals surface area contributed by atoms with Crippen molar-refractivity contribution in [1.82, 2.24) is 0 Å². The second kappa shape index (κ2) is 4.92. The van der Waals surface area contributed by atoms with Gasteiger partial charge in [-0.15, -0.1) is 0 Å².